The Morgan fingerprint density at radius 3 is 2.15 bits per heavy atom. The molecule has 74 valence electrons. The second kappa shape index (κ2) is 12.3. The summed E-state index contributed by atoms with van der Waals surface area (Å²) in [5.41, 5.74) is 0. The van der Waals surface area contributed by atoms with Gasteiger partial charge in [0.05, 0.1) is 0 Å². The molecule has 0 saturated heterocycles. The Labute approximate surface area is 99.2 Å². The summed E-state index contributed by atoms with van der Waals surface area (Å²) >= 11 is 0.778. The Morgan fingerprint density at radius 2 is 1.69 bits per heavy atom. The Hall–Kier alpha value is 0.262. The lowest BCUT2D eigenvalue weighted by Crippen LogP contribution is -3.00. The lowest BCUT2D eigenvalue weighted by Gasteiger charge is -1.91. The highest BCUT2D eigenvalue weighted by Crippen LogP contribution is 1.85. The van der Waals surface area contributed by atoms with Crippen LogP contribution in [-0.4, -0.2) is 15.4 Å². The second-order valence-corrected chi connectivity index (χ2v) is 2.47. The molecule has 13 heavy (non-hydrogen) atoms. The minimum absolute atomic E-state index is 0. The van der Waals surface area contributed by atoms with Gasteiger partial charge in [-0.3, -0.25) is 10.0 Å². The van der Waals surface area contributed by atoms with E-state index in [4.69, 9.17) is 10.0 Å². The first-order valence-corrected chi connectivity index (χ1v) is 7.27. The van der Waals surface area contributed by atoms with Crippen molar-refractivity contribution in [3.63, 3.8) is 0 Å². The van der Waals surface area contributed by atoms with E-state index < -0.39 is 0 Å². The maximum atomic E-state index is 4.78. The fourth-order valence-corrected chi connectivity index (χ4v) is 0.924. The Balaban J connectivity index is 0. The van der Waals surface area contributed by atoms with Crippen molar-refractivity contribution in [2.75, 3.05) is 0 Å². The molecule has 1 nitrogen and oxygen atoms in total. The van der Waals surface area contributed by atoms with Gasteiger partial charge in [-0.25, -0.2) is 4.57 Å². The van der Waals surface area contributed by atoms with Crippen LogP contribution < -0.4 is 17.0 Å². The predicted octanol–water partition coefficient (Wildman–Crippen LogP) is -1.45. The van der Waals surface area contributed by atoms with Gasteiger partial charge >= 0.3 is 15.4 Å². The molecule has 0 aliphatic heterocycles. The molecule has 0 atom stereocenters. The third-order valence-corrected chi connectivity index (χ3v) is 1.55. The van der Waals surface area contributed by atoms with E-state index >= 15 is 0 Å². The lowest BCUT2D eigenvalue weighted by atomic mass is 10.3. The maximum absolute atomic E-state index is 4.78. The Kier molecular flexibility index (Phi) is 14.8. The zero-order valence-electron chi connectivity index (χ0n) is 8.21. The number of aromatic nitrogens is 1. The van der Waals surface area contributed by atoms with Crippen molar-refractivity contribution >= 4 is 25.4 Å². The van der Waals surface area contributed by atoms with Crippen LogP contribution in [0.3, 0.4) is 0 Å². The zero-order valence-corrected chi connectivity index (χ0v) is 11.7. The summed E-state index contributed by atoms with van der Waals surface area (Å²) in [4.78, 5) is 0. The average molecular weight is 236 g/mol. The summed E-state index contributed by atoms with van der Waals surface area (Å²) in [6, 6.07) is 6.17. The van der Waals surface area contributed by atoms with E-state index in [-0.39, 0.29) is 12.4 Å². The summed E-state index contributed by atoms with van der Waals surface area (Å²) in [7, 11) is 4.78. The van der Waals surface area contributed by atoms with Crippen LogP contribution in [0.15, 0.2) is 30.6 Å². The highest BCUT2D eigenvalue weighted by molar-refractivity contribution is 6.80. The van der Waals surface area contributed by atoms with Crippen LogP contribution in [0.5, 0.6) is 0 Å². The molecule has 1 aromatic rings. The molecule has 0 N–H and O–H groups in total. The fourth-order valence-electron chi connectivity index (χ4n) is 0.924. The SMILES string of the molecule is CCCC[n+]1ccccc1.[AlH2][Cl].[Cl-]. The largest absolute Gasteiger partial charge is 1.00 e. The van der Waals surface area contributed by atoms with Gasteiger partial charge in [-0.1, -0.05) is 19.4 Å². The smallest absolute Gasteiger partial charge is 0.353 e. The summed E-state index contributed by atoms with van der Waals surface area (Å²) in [6.45, 7) is 3.36. The lowest BCUT2D eigenvalue weighted by molar-refractivity contribution is -0.697. The number of nitrogens with zero attached hydrogens (tertiary/aromatic N) is 1. The van der Waals surface area contributed by atoms with Gasteiger partial charge in [-0.05, 0) is 0 Å². The first kappa shape index (κ1) is 15.7. The van der Waals surface area contributed by atoms with Crippen molar-refractivity contribution in [3.05, 3.63) is 30.6 Å². The molecule has 1 heterocycles. The van der Waals surface area contributed by atoms with Crippen LogP contribution >= 0.6 is 10.0 Å². The van der Waals surface area contributed by atoms with Gasteiger partial charge in [0, 0.05) is 18.6 Å². The van der Waals surface area contributed by atoms with Gasteiger partial charge < -0.3 is 12.4 Å². The molecule has 0 unspecified atom stereocenters. The molecule has 1 aromatic heterocycles. The van der Waals surface area contributed by atoms with Crippen LogP contribution in [-0.2, 0) is 6.54 Å². The Bertz CT molecular complexity index is 182. The van der Waals surface area contributed by atoms with Gasteiger partial charge in [-0.2, -0.15) is 0 Å². The van der Waals surface area contributed by atoms with E-state index in [0.29, 0.717) is 0 Å². The van der Waals surface area contributed by atoms with Gasteiger partial charge in [0.15, 0.2) is 12.4 Å². The molecule has 0 fully saturated rings. The predicted molar refractivity (Wildman–Crippen MR) is 55.9 cm³/mol. The topological polar surface area (TPSA) is 3.88 Å². The molecular formula is C9H16AlCl2N. The normalized spacial score (nSPS) is 7.85. The van der Waals surface area contributed by atoms with E-state index in [1.165, 1.54) is 12.8 Å². The number of rotatable bonds is 3. The van der Waals surface area contributed by atoms with E-state index in [1.54, 1.807) is 0 Å². The standard InChI is InChI=1S/C9H14N.Al.2ClH.2H/c1-2-3-7-10-8-5-4-6-9-10;;;;;/h4-6,8-9H,2-3,7H2,1H3;;2*1H;;/q2*+1;;;;/p-2. The first-order valence-electron chi connectivity index (χ1n) is 4.25. The molecular weight excluding hydrogens is 220 g/mol. The molecule has 0 spiro atoms. The first-order chi connectivity index (χ1) is 5.93. The fraction of sp³-hybridized carbons (Fsp3) is 0.444. The molecule has 0 amide bonds. The minimum atomic E-state index is 0. The third kappa shape index (κ3) is 8.59. The molecule has 0 aliphatic rings. The van der Waals surface area contributed by atoms with Crippen molar-refractivity contribution in [1.29, 1.82) is 0 Å². The summed E-state index contributed by atoms with van der Waals surface area (Å²) in [5, 5.41) is 0. The van der Waals surface area contributed by atoms with Crippen molar-refractivity contribution in [3.8, 4) is 0 Å². The number of aryl methyl sites for hydroxylation is 1. The number of hydrogen-bond acceptors (Lipinski definition) is 0. The number of halogens is 2. The van der Waals surface area contributed by atoms with E-state index in [2.05, 4.69) is 36.0 Å². The van der Waals surface area contributed by atoms with Gasteiger partial charge in [0.2, 0.25) is 0 Å². The maximum Gasteiger partial charge on any atom is 0.353 e. The second-order valence-electron chi connectivity index (χ2n) is 2.47. The van der Waals surface area contributed by atoms with Crippen LogP contribution in [0.2, 0.25) is 0 Å². The molecule has 4 heteroatoms. The van der Waals surface area contributed by atoms with Crippen molar-refractivity contribution in [1.82, 2.24) is 0 Å². The molecule has 0 bridgehead atoms. The summed E-state index contributed by atoms with van der Waals surface area (Å²) < 4.78 is 2.21. The molecule has 0 radical (unpaired) electrons. The third-order valence-electron chi connectivity index (χ3n) is 1.55. The van der Waals surface area contributed by atoms with Crippen LogP contribution in [0.4, 0.5) is 0 Å². The monoisotopic (exact) mass is 235 g/mol. The zero-order chi connectivity index (χ0) is 9.23. The molecule has 0 saturated carbocycles. The average Bonchev–Trinajstić information content (AvgIpc) is 2.19. The van der Waals surface area contributed by atoms with Crippen molar-refractivity contribution in [2.24, 2.45) is 0 Å². The van der Waals surface area contributed by atoms with E-state index in [9.17, 15) is 0 Å². The highest BCUT2D eigenvalue weighted by atomic mass is 35.6. The Morgan fingerprint density at radius 1 is 1.15 bits per heavy atom. The van der Waals surface area contributed by atoms with Crippen LogP contribution in [0.1, 0.15) is 19.8 Å². The van der Waals surface area contributed by atoms with Crippen molar-refractivity contribution in [2.45, 2.75) is 26.3 Å². The number of hydrogen-bond donors (Lipinski definition) is 0. The quantitative estimate of drug-likeness (QED) is 0.446. The molecule has 0 aliphatic carbocycles. The summed E-state index contributed by atoms with van der Waals surface area (Å²) in [6.07, 6.45) is 6.75. The van der Waals surface area contributed by atoms with Crippen LogP contribution in [0, 0.1) is 0 Å². The van der Waals surface area contributed by atoms with Crippen LogP contribution in [0.25, 0.3) is 0 Å². The summed E-state index contributed by atoms with van der Waals surface area (Å²) in [5.74, 6) is 0. The van der Waals surface area contributed by atoms with Crippen molar-refractivity contribution < 1.29 is 17.0 Å². The van der Waals surface area contributed by atoms with Gasteiger partial charge in [0.25, 0.3) is 0 Å². The van der Waals surface area contributed by atoms with Gasteiger partial charge in [-0.15, -0.1) is 0 Å². The minimum Gasteiger partial charge on any atom is -1.00 e. The van der Waals surface area contributed by atoms with E-state index in [0.717, 1.165) is 21.9 Å². The number of unbranched alkanes of at least 4 members (excludes halogenated alkanes) is 1. The molecule has 0 aromatic carbocycles. The van der Waals surface area contributed by atoms with Gasteiger partial charge in [0.1, 0.15) is 6.54 Å². The number of pyridine rings is 1. The highest BCUT2D eigenvalue weighted by Gasteiger charge is 1.93. The molecule has 1 rings (SSSR count). The van der Waals surface area contributed by atoms with E-state index in [1.807, 2.05) is 6.07 Å².